The van der Waals surface area contributed by atoms with Crippen LogP contribution in [0.4, 0.5) is 8.78 Å². The molecule has 1 fully saturated rings. The minimum Gasteiger partial charge on any atom is -0.310 e. The second-order valence-electron chi connectivity index (χ2n) is 4.33. The largest absolute Gasteiger partial charge is 0.310 e. The number of alkyl halides is 2. The third kappa shape index (κ3) is 2.24. The molecule has 1 nitrogen and oxygen atoms in total. The first kappa shape index (κ1) is 11.5. The van der Waals surface area contributed by atoms with Crippen molar-refractivity contribution in [3.05, 3.63) is 35.4 Å². The summed E-state index contributed by atoms with van der Waals surface area (Å²) in [5.74, 6) is -2.70. The summed E-state index contributed by atoms with van der Waals surface area (Å²) in [6.45, 7) is 2.50. The zero-order valence-corrected chi connectivity index (χ0v) is 9.47. The highest BCUT2D eigenvalue weighted by molar-refractivity contribution is 5.29. The summed E-state index contributed by atoms with van der Waals surface area (Å²) in [7, 11) is 0. The van der Waals surface area contributed by atoms with Gasteiger partial charge in [0.2, 0.25) is 0 Å². The lowest BCUT2D eigenvalue weighted by molar-refractivity contribution is -0.00838. The fourth-order valence-electron chi connectivity index (χ4n) is 2.16. The Bertz CT molecular complexity index is 357. The van der Waals surface area contributed by atoms with E-state index in [0.717, 1.165) is 24.9 Å². The molecule has 0 bridgehead atoms. The number of halogens is 2. The van der Waals surface area contributed by atoms with Gasteiger partial charge in [-0.2, -0.15) is 0 Å². The molecule has 1 aromatic carbocycles. The highest BCUT2D eigenvalue weighted by Gasteiger charge is 2.29. The lowest BCUT2D eigenvalue weighted by Crippen LogP contribution is -2.15. The summed E-state index contributed by atoms with van der Waals surface area (Å²) >= 11 is 0. The van der Waals surface area contributed by atoms with E-state index in [-0.39, 0.29) is 18.0 Å². The molecule has 16 heavy (non-hydrogen) atoms. The highest BCUT2D eigenvalue weighted by Crippen LogP contribution is 2.33. The maximum absolute atomic E-state index is 13.5. The van der Waals surface area contributed by atoms with Crippen LogP contribution in [0.3, 0.4) is 0 Å². The average Bonchev–Trinajstić information content (AvgIpc) is 2.83. The van der Waals surface area contributed by atoms with E-state index in [4.69, 9.17) is 0 Å². The van der Waals surface area contributed by atoms with Gasteiger partial charge in [0.25, 0.3) is 5.92 Å². The lowest BCUT2D eigenvalue weighted by atomic mass is 9.99. The summed E-state index contributed by atoms with van der Waals surface area (Å²) in [5, 5.41) is 3.32. The summed E-state index contributed by atoms with van der Waals surface area (Å²) in [5.41, 5.74) is 1.13. The van der Waals surface area contributed by atoms with Crippen molar-refractivity contribution in [2.45, 2.75) is 38.2 Å². The fourth-order valence-corrected chi connectivity index (χ4v) is 2.16. The van der Waals surface area contributed by atoms with Gasteiger partial charge in [-0.05, 0) is 31.0 Å². The maximum Gasteiger partial charge on any atom is 0.273 e. The van der Waals surface area contributed by atoms with Crippen LogP contribution in [-0.4, -0.2) is 6.54 Å². The summed E-state index contributed by atoms with van der Waals surface area (Å²) in [6.07, 6.45) is 2.02. The van der Waals surface area contributed by atoms with E-state index >= 15 is 0 Å². The Kier molecular flexibility index (Phi) is 3.24. The maximum atomic E-state index is 13.5. The van der Waals surface area contributed by atoms with Crippen molar-refractivity contribution >= 4 is 0 Å². The van der Waals surface area contributed by atoms with Gasteiger partial charge in [-0.25, -0.2) is 8.78 Å². The van der Waals surface area contributed by atoms with Gasteiger partial charge in [0.1, 0.15) is 0 Å². The molecule has 1 aromatic rings. The van der Waals surface area contributed by atoms with E-state index in [2.05, 4.69) is 5.32 Å². The molecule has 3 heteroatoms. The van der Waals surface area contributed by atoms with Gasteiger partial charge in [-0.3, -0.25) is 0 Å². The van der Waals surface area contributed by atoms with Crippen LogP contribution in [0.15, 0.2) is 24.3 Å². The SMILES string of the molecule is CCC(F)(F)c1cccc(C2CCCN2)c1. The quantitative estimate of drug-likeness (QED) is 0.828. The van der Waals surface area contributed by atoms with Crippen LogP contribution in [0.25, 0.3) is 0 Å². The molecule has 0 aromatic heterocycles. The molecule has 0 aliphatic carbocycles. The van der Waals surface area contributed by atoms with Crippen molar-refractivity contribution in [1.82, 2.24) is 5.32 Å². The second-order valence-corrected chi connectivity index (χ2v) is 4.33. The monoisotopic (exact) mass is 225 g/mol. The normalized spacial score (nSPS) is 21.3. The molecule has 1 saturated heterocycles. The lowest BCUT2D eigenvalue weighted by Gasteiger charge is -2.17. The topological polar surface area (TPSA) is 12.0 Å². The van der Waals surface area contributed by atoms with Crippen LogP contribution >= 0.6 is 0 Å². The number of nitrogens with one attached hydrogen (secondary N) is 1. The molecule has 1 unspecified atom stereocenters. The van der Waals surface area contributed by atoms with Crippen LogP contribution in [-0.2, 0) is 5.92 Å². The van der Waals surface area contributed by atoms with E-state index < -0.39 is 5.92 Å². The standard InChI is InChI=1S/C13H17F2N/c1-2-13(14,15)11-6-3-5-10(9-11)12-7-4-8-16-12/h3,5-6,9,12,16H,2,4,7-8H2,1H3. The Hall–Kier alpha value is -0.960. The molecular weight excluding hydrogens is 208 g/mol. The molecule has 1 aliphatic rings. The first-order valence-corrected chi connectivity index (χ1v) is 5.85. The van der Waals surface area contributed by atoms with Crippen molar-refractivity contribution < 1.29 is 8.78 Å². The number of hydrogen-bond acceptors (Lipinski definition) is 1. The smallest absolute Gasteiger partial charge is 0.273 e. The van der Waals surface area contributed by atoms with Crippen molar-refractivity contribution in [3.63, 3.8) is 0 Å². The summed E-state index contributed by atoms with van der Waals surface area (Å²) in [6, 6.07) is 7.08. The third-order valence-corrected chi connectivity index (χ3v) is 3.22. The first-order chi connectivity index (χ1) is 7.63. The van der Waals surface area contributed by atoms with Crippen LogP contribution in [0.2, 0.25) is 0 Å². The van der Waals surface area contributed by atoms with E-state index in [1.807, 2.05) is 6.07 Å². The Labute approximate surface area is 94.9 Å². The van der Waals surface area contributed by atoms with E-state index in [9.17, 15) is 8.78 Å². The van der Waals surface area contributed by atoms with Gasteiger partial charge in [0.05, 0.1) is 0 Å². The van der Waals surface area contributed by atoms with Crippen LogP contribution in [0.5, 0.6) is 0 Å². The average molecular weight is 225 g/mol. The Balaban J connectivity index is 2.25. The van der Waals surface area contributed by atoms with Crippen molar-refractivity contribution in [1.29, 1.82) is 0 Å². The molecule has 1 heterocycles. The van der Waals surface area contributed by atoms with Gasteiger partial charge >= 0.3 is 0 Å². The summed E-state index contributed by atoms with van der Waals surface area (Å²) in [4.78, 5) is 0. The fraction of sp³-hybridized carbons (Fsp3) is 0.538. The summed E-state index contributed by atoms with van der Waals surface area (Å²) < 4.78 is 27.1. The predicted molar refractivity (Wildman–Crippen MR) is 60.6 cm³/mol. The van der Waals surface area contributed by atoms with Gasteiger partial charge in [0.15, 0.2) is 0 Å². The molecule has 1 atom stereocenters. The molecule has 0 amide bonds. The Morgan fingerprint density at radius 3 is 2.88 bits per heavy atom. The zero-order valence-electron chi connectivity index (χ0n) is 9.47. The number of hydrogen-bond donors (Lipinski definition) is 1. The first-order valence-electron chi connectivity index (χ1n) is 5.85. The zero-order chi connectivity index (χ0) is 11.6. The molecule has 0 spiro atoms. The molecular formula is C13H17F2N. The Morgan fingerprint density at radius 2 is 2.25 bits per heavy atom. The molecule has 0 saturated carbocycles. The molecule has 2 rings (SSSR count). The van der Waals surface area contributed by atoms with Crippen molar-refractivity contribution in [2.24, 2.45) is 0 Å². The van der Waals surface area contributed by atoms with Gasteiger partial charge in [-0.1, -0.05) is 25.1 Å². The number of rotatable bonds is 3. The second kappa shape index (κ2) is 4.50. The van der Waals surface area contributed by atoms with Gasteiger partial charge < -0.3 is 5.32 Å². The van der Waals surface area contributed by atoms with E-state index in [1.54, 1.807) is 12.1 Å². The highest BCUT2D eigenvalue weighted by atomic mass is 19.3. The van der Waals surface area contributed by atoms with Gasteiger partial charge in [0, 0.05) is 18.0 Å². The minimum absolute atomic E-state index is 0.140. The van der Waals surface area contributed by atoms with Crippen LogP contribution < -0.4 is 5.32 Å². The molecule has 0 radical (unpaired) electrons. The molecule has 1 aliphatic heterocycles. The molecule has 88 valence electrons. The van der Waals surface area contributed by atoms with Crippen LogP contribution in [0, 0.1) is 0 Å². The van der Waals surface area contributed by atoms with Crippen molar-refractivity contribution in [3.8, 4) is 0 Å². The minimum atomic E-state index is -2.70. The predicted octanol–water partition coefficient (Wildman–Crippen LogP) is 3.61. The van der Waals surface area contributed by atoms with Gasteiger partial charge in [-0.15, -0.1) is 0 Å². The third-order valence-electron chi connectivity index (χ3n) is 3.22. The number of benzene rings is 1. The Morgan fingerprint density at radius 1 is 1.44 bits per heavy atom. The van der Waals surface area contributed by atoms with E-state index in [0.29, 0.717) is 0 Å². The molecule has 1 N–H and O–H groups in total. The van der Waals surface area contributed by atoms with Crippen molar-refractivity contribution in [2.75, 3.05) is 6.54 Å². The van der Waals surface area contributed by atoms with E-state index in [1.165, 1.54) is 13.0 Å². The van der Waals surface area contributed by atoms with Crippen LogP contribution in [0.1, 0.15) is 43.4 Å².